The van der Waals surface area contributed by atoms with Gasteiger partial charge in [0.15, 0.2) is 0 Å². The van der Waals surface area contributed by atoms with Gasteiger partial charge in [-0.2, -0.15) is 9.40 Å². The average Bonchev–Trinajstić information content (AvgIpc) is 2.72. The van der Waals surface area contributed by atoms with Crippen molar-refractivity contribution >= 4 is 10.0 Å². The SMILES string of the molecule is Cc1nn(CC(C)C)c(C)c1S(=O)(=O)N(C)[C@H]1CCCN(C)C1. The van der Waals surface area contributed by atoms with Crippen molar-refractivity contribution in [2.24, 2.45) is 5.92 Å². The summed E-state index contributed by atoms with van der Waals surface area (Å²) in [6.45, 7) is 10.4. The van der Waals surface area contributed by atoms with E-state index in [9.17, 15) is 8.42 Å². The summed E-state index contributed by atoms with van der Waals surface area (Å²) < 4.78 is 29.6. The minimum atomic E-state index is -3.52. The molecule has 7 heteroatoms. The second-order valence-electron chi connectivity index (χ2n) is 7.16. The predicted molar refractivity (Wildman–Crippen MR) is 92.0 cm³/mol. The van der Waals surface area contributed by atoms with Crippen molar-refractivity contribution in [2.75, 3.05) is 27.2 Å². The monoisotopic (exact) mass is 342 g/mol. The standard InChI is InChI=1S/C16H30N4O2S/c1-12(2)10-20-14(4)16(13(3)17-20)23(21,22)19(6)15-8-7-9-18(5)11-15/h12,15H,7-11H2,1-6H3/t15-/m0/s1. The van der Waals surface area contributed by atoms with Crippen LogP contribution >= 0.6 is 0 Å². The van der Waals surface area contributed by atoms with Gasteiger partial charge in [0, 0.05) is 26.2 Å². The molecule has 0 aromatic carbocycles. The molecule has 1 aliphatic heterocycles. The molecule has 0 amide bonds. The first-order valence-corrected chi connectivity index (χ1v) is 9.79. The Morgan fingerprint density at radius 1 is 1.35 bits per heavy atom. The molecule has 1 saturated heterocycles. The smallest absolute Gasteiger partial charge is 0.246 e. The lowest BCUT2D eigenvalue weighted by Crippen LogP contribution is -2.47. The minimum Gasteiger partial charge on any atom is -0.305 e. The summed E-state index contributed by atoms with van der Waals surface area (Å²) in [5.74, 6) is 0.424. The van der Waals surface area contributed by atoms with Crippen LogP contribution in [0.1, 0.15) is 38.1 Å². The summed E-state index contributed by atoms with van der Waals surface area (Å²) in [6.07, 6.45) is 1.95. The third-order valence-corrected chi connectivity index (χ3v) is 6.77. The summed E-state index contributed by atoms with van der Waals surface area (Å²) in [5.41, 5.74) is 1.34. The van der Waals surface area contributed by atoms with Crippen molar-refractivity contribution in [3.05, 3.63) is 11.4 Å². The van der Waals surface area contributed by atoms with E-state index in [-0.39, 0.29) is 6.04 Å². The number of nitrogens with zero attached hydrogens (tertiary/aromatic N) is 4. The molecule has 1 aromatic rings. The lowest BCUT2D eigenvalue weighted by atomic mass is 10.1. The van der Waals surface area contributed by atoms with E-state index in [2.05, 4.69) is 23.8 Å². The Hall–Kier alpha value is -0.920. The van der Waals surface area contributed by atoms with Gasteiger partial charge in [-0.05, 0) is 46.2 Å². The molecule has 2 heterocycles. The molecule has 0 saturated carbocycles. The van der Waals surface area contributed by atoms with Crippen molar-refractivity contribution in [1.29, 1.82) is 0 Å². The highest BCUT2D eigenvalue weighted by molar-refractivity contribution is 7.89. The third kappa shape index (κ3) is 3.78. The Kier molecular flexibility index (Phi) is 5.53. The molecule has 1 fully saturated rings. The number of hydrogen-bond donors (Lipinski definition) is 0. The summed E-state index contributed by atoms with van der Waals surface area (Å²) in [4.78, 5) is 2.58. The van der Waals surface area contributed by atoms with Gasteiger partial charge >= 0.3 is 0 Å². The number of aryl methyl sites for hydroxylation is 1. The van der Waals surface area contributed by atoms with Gasteiger partial charge in [0.25, 0.3) is 0 Å². The molecule has 2 rings (SSSR count). The van der Waals surface area contributed by atoms with Crippen LogP contribution in [0.2, 0.25) is 0 Å². The fourth-order valence-corrected chi connectivity index (χ4v) is 5.10. The highest BCUT2D eigenvalue weighted by Gasteiger charge is 2.34. The van der Waals surface area contributed by atoms with Crippen molar-refractivity contribution in [2.45, 2.75) is 58.0 Å². The topological polar surface area (TPSA) is 58.4 Å². The summed E-state index contributed by atoms with van der Waals surface area (Å²) in [6, 6.07) is 0.0333. The zero-order valence-corrected chi connectivity index (χ0v) is 16.0. The van der Waals surface area contributed by atoms with Crippen LogP contribution in [0.4, 0.5) is 0 Å². The molecule has 0 aliphatic carbocycles. The minimum absolute atomic E-state index is 0.0333. The van der Waals surface area contributed by atoms with Gasteiger partial charge in [0.1, 0.15) is 4.90 Å². The van der Waals surface area contributed by atoms with Gasteiger partial charge in [-0.25, -0.2) is 8.42 Å². The van der Waals surface area contributed by atoms with E-state index in [1.807, 2.05) is 18.7 Å². The van der Waals surface area contributed by atoms with E-state index in [0.717, 1.165) is 38.2 Å². The van der Waals surface area contributed by atoms with Crippen LogP contribution in [0.5, 0.6) is 0 Å². The van der Waals surface area contributed by atoms with Crippen molar-refractivity contribution in [3.63, 3.8) is 0 Å². The number of piperidine rings is 1. The Bertz CT molecular complexity index is 651. The van der Waals surface area contributed by atoms with Crippen molar-refractivity contribution < 1.29 is 8.42 Å². The van der Waals surface area contributed by atoms with Crippen LogP contribution in [-0.2, 0) is 16.6 Å². The Morgan fingerprint density at radius 3 is 2.57 bits per heavy atom. The van der Waals surface area contributed by atoms with E-state index in [1.165, 1.54) is 0 Å². The van der Waals surface area contributed by atoms with E-state index in [0.29, 0.717) is 16.5 Å². The van der Waals surface area contributed by atoms with Crippen LogP contribution < -0.4 is 0 Å². The maximum Gasteiger partial charge on any atom is 0.246 e. The Morgan fingerprint density at radius 2 is 2.00 bits per heavy atom. The highest BCUT2D eigenvalue weighted by atomic mass is 32.2. The largest absolute Gasteiger partial charge is 0.305 e. The van der Waals surface area contributed by atoms with Crippen LogP contribution in [0.25, 0.3) is 0 Å². The zero-order chi connectivity index (χ0) is 17.4. The highest BCUT2D eigenvalue weighted by Crippen LogP contribution is 2.26. The third-order valence-electron chi connectivity index (χ3n) is 4.60. The maximum atomic E-state index is 13.1. The van der Waals surface area contributed by atoms with E-state index < -0.39 is 10.0 Å². The lowest BCUT2D eigenvalue weighted by molar-refractivity contribution is 0.187. The number of sulfonamides is 1. The summed E-state index contributed by atoms with van der Waals surface area (Å²) in [7, 11) is 0.237. The lowest BCUT2D eigenvalue weighted by Gasteiger charge is -2.35. The normalized spacial score (nSPS) is 20.6. The Balaban J connectivity index is 2.34. The maximum absolute atomic E-state index is 13.1. The quantitative estimate of drug-likeness (QED) is 0.820. The number of likely N-dealkylation sites (N-methyl/N-ethyl adjacent to an activating group) is 2. The van der Waals surface area contributed by atoms with Crippen LogP contribution in [0.3, 0.4) is 0 Å². The second kappa shape index (κ2) is 6.91. The summed E-state index contributed by atoms with van der Waals surface area (Å²) >= 11 is 0. The first kappa shape index (κ1) is 18.4. The molecule has 0 bridgehead atoms. The van der Waals surface area contributed by atoms with Gasteiger partial charge in [0.2, 0.25) is 10.0 Å². The van der Waals surface area contributed by atoms with E-state index in [1.54, 1.807) is 18.3 Å². The molecule has 23 heavy (non-hydrogen) atoms. The molecule has 132 valence electrons. The van der Waals surface area contributed by atoms with Gasteiger partial charge in [0.05, 0.1) is 11.4 Å². The van der Waals surface area contributed by atoms with Gasteiger partial charge in [-0.15, -0.1) is 0 Å². The Labute approximate surface area is 140 Å². The van der Waals surface area contributed by atoms with Crippen molar-refractivity contribution in [1.82, 2.24) is 19.0 Å². The van der Waals surface area contributed by atoms with Gasteiger partial charge in [-0.3, -0.25) is 4.68 Å². The molecule has 0 unspecified atom stereocenters. The second-order valence-corrected chi connectivity index (χ2v) is 9.09. The van der Waals surface area contributed by atoms with Crippen LogP contribution in [0.15, 0.2) is 4.90 Å². The van der Waals surface area contributed by atoms with Crippen LogP contribution in [-0.4, -0.2) is 60.6 Å². The molecular formula is C16H30N4O2S. The average molecular weight is 343 g/mol. The molecule has 1 aromatic heterocycles. The number of likely N-dealkylation sites (tertiary alicyclic amines) is 1. The number of hydrogen-bond acceptors (Lipinski definition) is 4. The summed E-state index contributed by atoms with van der Waals surface area (Å²) in [5, 5.41) is 4.46. The fraction of sp³-hybridized carbons (Fsp3) is 0.812. The van der Waals surface area contributed by atoms with Crippen molar-refractivity contribution in [3.8, 4) is 0 Å². The number of aromatic nitrogens is 2. The first-order chi connectivity index (χ1) is 10.6. The predicted octanol–water partition coefficient (Wildman–Crippen LogP) is 1.87. The molecule has 1 atom stereocenters. The van der Waals surface area contributed by atoms with Gasteiger partial charge < -0.3 is 4.90 Å². The van der Waals surface area contributed by atoms with Gasteiger partial charge in [-0.1, -0.05) is 13.8 Å². The first-order valence-electron chi connectivity index (χ1n) is 8.35. The zero-order valence-electron chi connectivity index (χ0n) is 15.2. The van der Waals surface area contributed by atoms with Crippen LogP contribution in [0, 0.1) is 19.8 Å². The van der Waals surface area contributed by atoms with E-state index in [4.69, 9.17) is 0 Å². The molecule has 0 spiro atoms. The van der Waals surface area contributed by atoms with E-state index >= 15 is 0 Å². The molecule has 6 nitrogen and oxygen atoms in total. The molecule has 1 aliphatic rings. The molecular weight excluding hydrogens is 312 g/mol. The molecule has 0 radical (unpaired) electrons. The fourth-order valence-electron chi connectivity index (χ4n) is 3.35. The number of rotatable bonds is 5. The molecule has 0 N–H and O–H groups in total.